The Balaban J connectivity index is 1.33. The van der Waals surface area contributed by atoms with Gasteiger partial charge >= 0.3 is 0 Å². The van der Waals surface area contributed by atoms with E-state index < -0.39 is 0 Å². The molecule has 0 spiro atoms. The van der Waals surface area contributed by atoms with E-state index >= 15 is 0 Å². The van der Waals surface area contributed by atoms with Gasteiger partial charge in [0.1, 0.15) is 5.69 Å². The second kappa shape index (κ2) is 7.64. The molecule has 1 aliphatic rings. The lowest BCUT2D eigenvalue weighted by molar-refractivity contribution is 0.102. The Labute approximate surface area is 176 Å². The van der Waals surface area contributed by atoms with Crippen LogP contribution in [0.2, 0.25) is 0 Å². The Morgan fingerprint density at radius 3 is 2.87 bits per heavy atom. The van der Waals surface area contributed by atoms with Crippen LogP contribution in [-0.4, -0.2) is 27.2 Å². The molecule has 4 aromatic rings. The van der Waals surface area contributed by atoms with E-state index in [2.05, 4.69) is 15.3 Å². The number of benzene rings is 2. The number of imidazole rings is 1. The van der Waals surface area contributed by atoms with Gasteiger partial charge in [0.2, 0.25) is 6.79 Å². The highest BCUT2D eigenvalue weighted by molar-refractivity contribution is 7.15. The number of hydrogen-bond donors (Lipinski definition) is 1. The summed E-state index contributed by atoms with van der Waals surface area (Å²) in [5, 5.41) is 3.47. The molecule has 2 aromatic carbocycles. The highest BCUT2D eigenvalue weighted by Gasteiger charge is 2.18. The fraction of sp³-hybridized carbons (Fsp3) is 0.136. The minimum absolute atomic E-state index is 0.250. The van der Waals surface area contributed by atoms with Crippen LogP contribution in [0.25, 0.3) is 5.69 Å². The Kier molecular flexibility index (Phi) is 4.68. The summed E-state index contributed by atoms with van der Waals surface area (Å²) in [5.41, 5.74) is 3.32. The summed E-state index contributed by atoms with van der Waals surface area (Å²) >= 11 is 1.47. The lowest BCUT2D eigenvalue weighted by Gasteiger charge is -2.07. The number of anilines is 1. The van der Waals surface area contributed by atoms with Crippen molar-refractivity contribution >= 4 is 22.4 Å². The van der Waals surface area contributed by atoms with Gasteiger partial charge in [-0.2, -0.15) is 0 Å². The molecular weight excluding hydrogens is 400 g/mol. The predicted octanol–water partition coefficient (Wildman–Crippen LogP) is 4.21. The van der Waals surface area contributed by atoms with Gasteiger partial charge in [-0.1, -0.05) is 24.3 Å². The highest BCUT2D eigenvalue weighted by Crippen LogP contribution is 2.34. The zero-order valence-corrected chi connectivity index (χ0v) is 17.0. The van der Waals surface area contributed by atoms with Crippen LogP contribution in [0, 0.1) is 6.92 Å². The van der Waals surface area contributed by atoms with E-state index in [1.807, 2.05) is 55.5 Å². The molecule has 8 heteroatoms. The van der Waals surface area contributed by atoms with Crippen molar-refractivity contribution in [2.75, 3.05) is 12.1 Å². The van der Waals surface area contributed by atoms with E-state index in [1.54, 1.807) is 17.1 Å². The van der Waals surface area contributed by atoms with E-state index in [4.69, 9.17) is 9.47 Å². The number of hydrogen-bond acceptors (Lipinski definition) is 6. The Morgan fingerprint density at radius 2 is 2.00 bits per heavy atom. The number of amides is 1. The standard InChI is InChI=1S/C22H18N4O3S/c1-14-20(10-15-7-8-18-19(9-15)29-13-28-18)30-22(24-14)25-21(27)17-11-23-12-26(17)16-5-3-2-4-6-16/h2-9,11-12H,10,13H2,1H3,(H,24,25,27). The molecule has 1 N–H and O–H groups in total. The van der Waals surface area contributed by atoms with Gasteiger partial charge in [0.05, 0.1) is 18.2 Å². The monoisotopic (exact) mass is 418 g/mol. The first-order valence-corrected chi connectivity index (χ1v) is 10.2. The van der Waals surface area contributed by atoms with Crippen molar-refractivity contribution < 1.29 is 14.3 Å². The van der Waals surface area contributed by atoms with Crippen LogP contribution in [0.15, 0.2) is 61.1 Å². The smallest absolute Gasteiger partial charge is 0.276 e. The Morgan fingerprint density at radius 1 is 1.17 bits per heavy atom. The molecule has 1 amide bonds. The van der Waals surface area contributed by atoms with Crippen LogP contribution in [0.5, 0.6) is 11.5 Å². The maximum Gasteiger partial charge on any atom is 0.276 e. The van der Waals surface area contributed by atoms with Gasteiger partial charge in [0.15, 0.2) is 16.6 Å². The quantitative estimate of drug-likeness (QED) is 0.525. The average Bonchev–Trinajstić information content (AvgIpc) is 3.49. The molecule has 3 heterocycles. The second-order valence-corrected chi connectivity index (χ2v) is 7.91. The first kappa shape index (κ1) is 18.4. The molecule has 0 bridgehead atoms. The van der Waals surface area contributed by atoms with Gasteiger partial charge in [-0.05, 0) is 36.8 Å². The van der Waals surface area contributed by atoms with Crippen LogP contribution in [0.3, 0.4) is 0 Å². The molecule has 2 aromatic heterocycles. The number of carbonyl (C=O) groups excluding carboxylic acids is 1. The van der Waals surface area contributed by atoms with Crippen molar-refractivity contribution in [2.24, 2.45) is 0 Å². The number of fused-ring (bicyclic) bond motifs is 1. The van der Waals surface area contributed by atoms with Crippen molar-refractivity contribution in [3.63, 3.8) is 0 Å². The third-order valence-corrected chi connectivity index (χ3v) is 5.89. The number of nitrogens with zero attached hydrogens (tertiary/aromatic N) is 3. The normalized spacial score (nSPS) is 12.2. The molecule has 0 atom stereocenters. The number of carbonyl (C=O) groups is 1. The predicted molar refractivity (Wildman–Crippen MR) is 114 cm³/mol. The molecule has 150 valence electrons. The third-order valence-electron chi connectivity index (χ3n) is 4.82. The molecule has 1 aliphatic heterocycles. The molecule has 0 radical (unpaired) electrons. The lowest BCUT2D eigenvalue weighted by atomic mass is 10.1. The fourth-order valence-electron chi connectivity index (χ4n) is 3.30. The van der Waals surface area contributed by atoms with Crippen LogP contribution in [-0.2, 0) is 6.42 Å². The highest BCUT2D eigenvalue weighted by atomic mass is 32.1. The van der Waals surface area contributed by atoms with E-state index in [9.17, 15) is 4.79 Å². The third kappa shape index (κ3) is 3.53. The van der Waals surface area contributed by atoms with Gasteiger partial charge in [0, 0.05) is 17.0 Å². The fourth-order valence-corrected chi connectivity index (χ4v) is 4.29. The molecule has 7 nitrogen and oxygen atoms in total. The van der Waals surface area contributed by atoms with Crippen molar-refractivity contribution in [3.8, 4) is 17.2 Å². The maximum atomic E-state index is 12.8. The van der Waals surface area contributed by atoms with Crippen molar-refractivity contribution in [1.82, 2.24) is 14.5 Å². The summed E-state index contributed by atoms with van der Waals surface area (Å²) in [6, 6.07) is 15.5. The molecule has 0 saturated heterocycles. The zero-order valence-electron chi connectivity index (χ0n) is 16.2. The second-order valence-electron chi connectivity index (χ2n) is 6.83. The Bertz CT molecular complexity index is 1220. The lowest BCUT2D eigenvalue weighted by Crippen LogP contribution is -2.15. The van der Waals surface area contributed by atoms with Crippen LogP contribution in [0.1, 0.15) is 26.6 Å². The first-order valence-electron chi connectivity index (χ1n) is 9.41. The Hall–Kier alpha value is -3.65. The van der Waals surface area contributed by atoms with Crippen LogP contribution >= 0.6 is 11.3 Å². The number of aromatic nitrogens is 3. The average molecular weight is 418 g/mol. The molecular formula is C22H18N4O3S. The minimum atomic E-state index is -0.250. The van der Waals surface area contributed by atoms with E-state index in [-0.39, 0.29) is 12.7 Å². The molecule has 0 fully saturated rings. The maximum absolute atomic E-state index is 12.8. The van der Waals surface area contributed by atoms with Gasteiger partial charge in [-0.25, -0.2) is 9.97 Å². The summed E-state index contributed by atoms with van der Waals surface area (Å²) in [7, 11) is 0. The number of nitrogens with one attached hydrogen (secondary N) is 1. The first-order chi connectivity index (χ1) is 14.7. The van der Waals surface area contributed by atoms with Crippen molar-refractivity contribution in [2.45, 2.75) is 13.3 Å². The van der Waals surface area contributed by atoms with Crippen LogP contribution in [0.4, 0.5) is 5.13 Å². The summed E-state index contributed by atoms with van der Waals surface area (Å²) in [5.74, 6) is 1.28. The molecule has 0 saturated carbocycles. The number of ether oxygens (including phenoxy) is 2. The number of thiazole rings is 1. The SMILES string of the molecule is Cc1nc(NC(=O)c2cncn2-c2ccccc2)sc1Cc1ccc2c(c1)OCO2. The van der Waals surface area contributed by atoms with Gasteiger partial charge < -0.3 is 9.47 Å². The molecule has 5 rings (SSSR count). The van der Waals surface area contributed by atoms with Gasteiger partial charge in [-0.15, -0.1) is 11.3 Å². The minimum Gasteiger partial charge on any atom is -0.454 e. The van der Waals surface area contributed by atoms with Crippen LogP contribution < -0.4 is 14.8 Å². The van der Waals surface area contributed by atoms with E-state index in [0.717, 1.165) is 33.3 Å². The zero-order chi connectivity index (χ0) is 20.5. The molecule has 0 aliphatic carbocycles. The van der Waals surface area contributed by atoms with Crippen molar-refractivity contribution in [3.05, 3.63) is 82.9 Å². The topological polar surface area (TPSA) is 78.3 Å². The summed E-state index contributed by atoms with van der Waals surface area (Å²) < 4.78 is 12.6. The summed E-state index contributed by atoms with van der Waals surface area (Å²) in [6.07, 6.45) is 3.89. The van der Waals surface area contributed by atoms with E-state index in [1.165, 1.54) is 11.3 Å². The summed E-state index contributed by atoms with van der Waals surface area (Å²) in [4.78, 5) is 22.6. The van der Waals surface area contributed by atoms with Gasteiger partial charge in [-0.3, -0.25) is 14.7 Å². The number of para-hydroxylation sites is 1. The largest absolute Gasteiger partial charge is 0.454 e. The summed E-state index contributed by atoms with van der Waals surface area (Å²) in [6.45, 7) is 2.21. The van der Waals surface area contributed by atoms with Crippen molar-refractivity contribution in [1.29, 1.82) is 0 Å². The molecule has 30 heavy (non-hydrogen) atoms. The number of aryl methyl sites for hydroxylation is 1. The molecule has 0 unspecified atom stereocenters. The van der Waals surface area contributed by atoms with E-state index in [0.29, 0.717) is 17.2 Å². The van der Waals surface area contributed by atoms with Gasteiger partial charge in [0.25, 0.3) is 5.91 Å². The number of rotatable bonds is 5.